The van der Waals surface area contributed by atoms with Gasteiger partial charge >= 0.3 is 5.97 Å². The third-order valence-electron chi connectivity index (χ3n) is 7.35. The Hall–Kier alpha value is -4.20. The van der Waals surface area contributed by atoms with E-state index in [-0.39, 0.29) is 17.9 Å². The number of ether oxygens (including phenoxy) is 1. The van der Waals surface area contributed by atoms with Crippen LogP contribution in [0, 0.1) is 0 Å². The molecule has 0 spiro atoms. The smallest absolute Gasteiger partial charge is 0.309 e. The zero-order valence-corrected chi connectivity index (χ0v) is 23.0. The second-order valence-corrected chi connectivity index (χ2v) is 9.97. The second kappa shape index (κ2) is 10.5. The number of rotatable bonds is 7. The number of aromatic nitrogens is 3. The Labute approximate surface area is 231 Å². The van der Waals surface area contributed by atoms with Crippen molar-refractivity contribution >= 4 is 28.5 Å². The molecule has 198 valence electrons. The summed E-state index contributed by atoms with van der Waals surface area (Å²) in [6.45, 7) is 0. The molecule has 7 nitrogen and oxygen atoms in total. The summed E-state index contributed by atoms with van der Waals surface area (Å²) in [6.07, 6.45) is 3.78. The van der Waals surface area contributed by atoms with Crippen molar-refractivity contribution in [2.24, 2.45) is 14.1 Å². The van der Waals surface area contributed by atoms with Gasteiger partial charge in [-0.3, -0.25) is 9.59 Å². The maximum atomic E-state index is 13.0. The molecule has 0 fully saturated rings. The summed E-state index contributed by atoms with van der Waals surface area (Å²) in [5.74, 6) is -0.318. The lowest BCUT2D eigenvalue weighted by Gasteiger charge is -2.35. The second-order valence-electron chi connectivity index (χ2n) is 9.54. The van der Waals surface area contributed by atoms with E-state index in [1.165, 1.54) is 7.11 Å². The number of nitrogens with one attached hydrogen (secondary N) is 1. The number of halogens is 1. The summed E-state index contributed by atoms with van der Waals surface area (Å²) < 4.78 is 8.49. The molecule has 8 heteroatoms. The molecule has 0 radical (unpaired) electrons. The van der Waals surface area contributed by atoms with Crippen LogP contribution in [0.3, 0.4) is 0 Å². The average molecular weight is 541 g/mol. The van der Waals surface area contributed by atoms with E-state index < -0.39 is 5.54 Å². The van der Waals surface area contributed by atoms with Gasteiger partial charge in [-0.05, 0) is 59.1 Å². The molecule has 0 aliphatic heterocycles. The van der Waals surface area contributed by atoms with Crippen molar-refractivity contribution < 1.29 is 9.53 Å². The number of esters is 1. The van der Waals surface area contributed by atoms with Crippen molar-refractivity contribution in [2.75, 3.05) is 14.2 Å². The lowest BCUT2D eigenvalue weighted by Crippen LogP contribution is -2.43. The SMILES string of the molecule is CN[C@](c1ccc(Cl)cc1)(c1ccc2c(c1)c(-c1cccc(CC(=O)OC)c1)cc(=O)n2C)c1cncn1C. The van der Waals surface area contributed by atoms with Crippen LogP contribution in [-0.4, -0.2) is 34.2 Å². The zero-order chi connectivity index (χ0) is 27.7. The molecule has 0 aliphatic rings. The van der Waals surface area contributed by atoms with E-state index in [9.17, 15) is 9.59 Å². The Morgan fingerprint density at radius 3 is 2.44 bits per heavy atom. The van der Waals surface area contributed by atoms with Crippen LogP contribution >= 0.6 is 11.6 Å². The highest BCUT2D eigenvalue weighted by molar-refractivity contribution is 6.30. The first kappa shape index (κ1) is 26.4. The van der Waals surface area contributed by atoms with Gasteiger partial charge in [-0.25, -0.2) is 4.98 Å². The standard InChI is InChI=1S/C31H29ClN4O3/c1-33-31(28-18-34-19-35(28)2,22-8-11-24(32)12-9-22)23-10-13-27-26(16-23)25(17-29(37)36(27)3)21-7-5-6-20(14-21)15-30(38)39-4/h5-14,16-19,33H,15H2,1-4H3/t31-/m1/s1. The molecular formula is C31H29ClN4O3. The molecular weight excluding hydrogens is 512 g/mol. The third kappa shape index (κ3) is 4.64. The minimum atomic E-state index is -0.761. The van der Waals surface area contributed by atoms with Crippen LogP contribution in [-0.2, 0) is 35.6 Å². The highest BCUT2D eigenvalue weighted by Gasteiger charge is 2.37. The van der Waals surface area contributed by atoms with Gasteiger partial charge in [0, 0.05) is 30.6 Å². The first-order valence-corrected chi connectivity index (χ1v) is 12.9. The number of fused-ring (bicyclic) bond motifs is 1. The van der Waals surface area contributed by atoms with E-state index >= 15 is 0 Å². The minimum absolute atomic E-state index is 0.118. The predicted molar refractivity (Wildman–Crippen MR) is 154 cm³/mol. The highest BCUT2D eigenvalue weighted by Crippen LogP contribution is 2.39. The molecule has 5 rings (SSSR count). The molecule has 0 unspecified atom stereocenters. The van der Waals surface area contributed by atoms with Crippen LogP contribution < -0.4 is 10.9 Å². The predicted octanol–water partition coefficient (Wildman–Crippen LogP) is 4.82. The van der Waals surface area contributed by atoms with Crippen LogP contribution in [0.2, 0.25) is 5.02 Å². The van der Waals surface area contributed by atoms with Crippen LogP contribution in [0.15, 0.2) is 90.1 Å². The van der Waals surface area contributed by atoms with Gasteiger partial charge in [-0.15, -0.1) is 0 Å². The van der Waals surface area contributed by atoms with Gasteiger partial charge in [0.05, 0.1) is 37.3 Å². The Morgan fingerprint density at radius 1 is 1.03 bits per heavy atom. The molecule has 2 aromatic heterocycles. The molecule has 5 aromatic rings. The summed E-state index contributed by atoms with van der Waals surface area (Å²) in [6, 6.07) is 23.2. The van der Waals surface area contributed by atoms with Gasteiger partial charge in [-0.2, -0.15) is 0 Å². The summed E-state index contributed by atoms with van der Waals surface area (Å²) in [5.41, 5.74) is 5.26. The first-order valence-electron chi connectivity index (χ1n) is 12.5. The Morgan fingerprint density at radius 2 is 1.77 bits per heavy atom. The summed E-state index contributed by atoms with van der Waals surface area (Å²) >= 11 is 6.26. The molecule has 0 aliphatic carbocycles. The fourth-order valence-corrected chi connectivity index (χ4v) is 5.44. The summed E-state index contributed by atoms with van der Waals surface area (Å²) in [4.78, 5) is 29.3. The fraction of sp³-hybridized carbons (Fsp3) is 0.194. The van der Waals surface area contributed by atoms with Crippen molar-refractivity contribution in [3.05, 3.63) is 123 Å². The normalized spacial score (nSPS) is 12.8. The number of benzene rings is 3. The summed E-state index contributed by atoms with van der Waals surface area (Å²) in [7, 11) is 7.03. The Bertz CT molecular complexity index is 1740. The number of carbonyl (C=O) groups excluding carboxylic acids is 1. The monoisotopic (exact) mass is 540 g/mol. The lowest BCUT2D eigenvalue weighted by atomic mass is 9.79. The number of carbonyl (C=O) groups is 1. The topological polar surface area (TPSA) is 78.2 Å². The van der Waals surface area contributed by atoms with E-state index in [1.54, 1.807) is 24.0 Å². The Balaban J connectivity index is 1.80. The average Bonchev–Trinajstić information content (AvgIpc) is 3.38. The van der Waals surface area contributed by atoms with E-state index in [2.05, 4.69) is 16.4 Å². The number of aryl methyl sites for hydroxylation is 2. The molecule has 0 amide bonds. The van der Waals surface area contributed by atoms with Crippen molar-refractivity contribution in [1.29, 1.82) is 0 Å². The minimum Gasteiger partial charge on any atom is -0.469 e. The largest absolute Gasteiger partial charge is 0.469 e. The number of methoxy groups -OCH3 is 1. The van der Waals surface area contributed by atoms with Crippen LogP contribution in [0.1, 0.15) is 22.4 Å². The molecule has 3 aromatic carbocycles. The van der Waals surface area contributed by atoms with Crippen molar-refractivity contribution in [3.8, 4) is 11.1 Å². The molecule has 1 atom stereocenters. The van der Waals surface area contributed by atoms with Crippen LogP contribution in [0.5, 0.6) is 0 Å². The zero-order valence-electron chi connectivity index (χ0n) is 22.2. The van der Waals surface area contributed by atoms with Gasteiger partial charge in [0.15, 0.2) is 0 Å². The number of pyridine rings is 1. The van der Waals surface area contributed by atoms with E-state index in [1.807, 2.05) is 85.5 Å². The van der Waals surface area contributed by atoms with E-state index in [0.717, 1.165) is 44.4 Å². The van der Waals surface area contributed by atoms with Gasteiger partial charge in [0.1, 0.15) is 5.54 Å². The number of hydrogen-bond donors (Lipinski definition) is 1. The molecule has 2 heterocycles. The molecule has 0 saturated carbocycles. The van der Waals surface area contributed by atoms with Crippen LogP contribution in [0.25, 0.3) is 22.0 Å². The maximum Gasteiger partial charge on any atom is 0.309 e. The van der Waals surface area contributed by atoms with Crippen molar-refractivity contribution in [1.82, 2.24) is 19.4 Å². The lowest BCUT2D eigenvalue weighted by molar-refractivity contribution is -0.139. The fourth-order valence-electron chi connectivity index (χ4n) is 5.32. The first-order chi connectivity index (χ1) is 18.8. The molecule has 1 N–H and O–H groups in total. The van der Waals surface area contributed by atoms with Gasteiger partial charge < -0.3 is 19.2 Å². The molecule has 39 heavy (non-hydrogen) atoms. The summed E-state index contributed by atoms with van der Waals surface area (Å²) in [5, 5.41) is 5.13. The van der Waals surface area contributed by atoms with E-state index in [4.69, 9.17) is 16.3 Å². The van der Waals surface area contributed by atoms with E-state index in [0.29, 0.717) is 5.02 Å². The van der Waals surface area contributed by atoms with Gasteiger partial charge in [0.2, 0.25) is 0 Å². The highest BCUT2D eigenvalue weighted by atomic mass is 35.5. The number of imidazole rings is 1. The Kier molecular flexibility index (Phi) is 7.12. The quantitative estimate of drug-likeness (QED) is 0.299. The van der Waals surface area contributed by atoms with Gasteiger partial charge in [0.25, 0.3) is 5.56 Å². The molecule has 0 bridgehead atoms. The van der Waals surface area contributed by atoms with Crippen LogP contribution in [0.4, 0.5) is 0 Å². The number of nitrogens with zero attached hydrogens (tertiary/aromatic N) is 3. The number of hydrogen-bond acceptors (Lipinski definition) is 5. The van der Waals surface area contributed by atoms with Crippen molar-refractivity contribution in [3.63, 3.8) is 0 Å². The third-order valence-corrected chi connectivity index (χ3v) is 7.60. The van der Waals surface area contributed by atoms with Gasteiger partial charge in [-0.1, -0.05) is 54.1 Å². The molecule has 0 saturated heterocycles. The van der Waals surface area contributed by atoms with Crippen molar-refractivity contribution in [2.45, 2.75) is 12.0 Å². The maximum absolute atomic E-state index is 13.0.